The number of amides is 1. The van der Waals surface area contributed by atoms with E-state index in [2.05, 4.69) is 16.3 Å². The van der Waals surface area contributed by atoms with Crippen LogP contribution in [0.5, 0.6) is 0 Å². The van der Waals surface area contributed by atoms with Crippen LogP contribution < -0.4 is 0 Å². The van der Waals surface area contributed by atoms with Gasteiger partial charge in [0.2, 0.25) is 0 Å². The van der Waals surface area contributed by atoms with E-state index in [0.29, 0.717) is 16.6 Å². The van der Waals surface area contributed by atoms with Crippen LogP contribution >= 0.6 is 0 Å². The van der Waals surface area contributed by atoms with Crippen molar-refractivity contribution in [2.75, 3.05) is 13.1 Å². The van der Waals surface area contributed by atoms with Crippen LogP contribution in [0.25, 0.3) is 16.6 Å². The Kier molecular flexibility index (Phi) is 4.33. The first-order valence-electron chi connectivity index (χ1n) is 8.66. The van der Waals surface area contributed by atoms with Crippen LogP contribution in [0.4, 0.5) is 13.2 Å². The number of likely N-dealkylation sites (tertiary alicyclic amines) is 1. The average molecular weight is 373 g/mol. The van der Waals surface area contributed by atoms with Crippen LogP contribution in [0.1, 0.15) is 35.2 Å². The molecule has 2 aromatic heterocycles. The summed E-state index contributed by atoms with van der Waals surface area (Å²) in [5.74, 6) is -0.126. The van der Waals surface area contributed by atoms with Gasteiger partial charge in [-0.2, -0.15) is 18.3 Å². The van der Waals surface area contributed by atoms with Crippen LogP contribution in [-0.2, 0) is 6.18 Å². The summed E-state index contributed by atoms with van der Waals surface area (Å²) in [4.78, 5) is 18.4. The summed E-state index contributed by atoms with van der Waals surface area (Å²) in [5, 5.41) is 4.69. The van der Waals surface area contributed by atoms with Gasteiger partial charge < -0.3 is 4.90 Å². The maximum Gasteiger partial charge on any atom is 0.416 e. The number of piperidine rings is 1. The normalized spacial score (nSPS) is 15.3. The lowest BCUT2D eigenvalue weighted by Gasteiger charge is -2.25. The predicted octanol–water partition coefficient (Wildman–Crippen LogP) is 3.87. The summed E-state index contributed by atoms with van der Waals surface area (Å²) in [6, 6.07) is 5.01. The second kappa shape index (κ2) is 6.68. The molecule has 27 heavy (non-hydrogen) atoms. The molecule has 0 saturated carbocycles. The Morgan fingerprint density at radius 1 is 1.11 bits per heavy atom. The SMILES string of the molecule is O=C(c1[c]n(-c2ccnc3cc(C(F)(F)F)ccc23)nc1)N1CCCCC1. The molecule has 1 saturated heterocycles. The van der Waals surface area contributed by atoms with Gasteiger partial charge in [-0.1, -0.05) is 6.07 Å². The van der Waals surface area contributed by atoms with E-state index in [-0.39, 0.29) is 11.4 Å². The van der Waals surface area contributed by atoms with Gasteiger partial charge in [0.25, 0.3) is 5.91 Å². The smallest absolute Gasteiger partial charge is 0.339 e. The number of carbonyl (C=O) groups excluding carboxylic acids is 1. The third-order valence-electron chi connectivity index (χ3n) is 4.68. The minimum absolute atomic E-state index is 0.126. The zero-order valence-electron chi connectivity index (χ0n) is 14.3. The quantitative estimate of drug-likeness (QED) is 0.685. The second-order valence-electron chi connectivity index (χ2n) is 6.49. The molecule has 139 valence electrons. The molecule has 1 aliphatic heterocycles. The molecule has 1 amide bonds. The number of halogens is 3. The van der Waals surface area contributed by atoms with E-state index in [1.54, 1.807) is 11.0 Å². The molecule has 0 N–H and O–H groups in total. The number of rotatable bonds is 2. The number of benzene rings is 1. The molecule has 0 bridgehead atoms. The van der Waals surface area contributed by atoms with Gasteiger partial charge in [-0.05, 0) is 37.5 Å². The molecule has 1 radical (unpaired) electrons. The van der Waals surface area contributed by atoms with Gasteiger partial charge in [0.1, 0.15) is 6.20 Å². The van der Waals surface area contributed by atoms with Crippen LogP contribution in [0.2, 0.25) is 0 Å². The van der Waals surface area contributed by atoms with Gasteiger partial charge in [-0.3, -0.25) is 9.78 Å². The summed E-state index contributed by atoms with van der Waals surface area (Å²) in [6.07, 6.45) is 4.43. The predicted molar refractivity (Wildman–Crippen MR) is 92.5 cm³/mol. The standard InChI is InChI=1S/C19H16F3N4O/c20-19(21,22)14-4-5-15-16(10-14)23-7-6-17(15)26-12-13(11-24-26)18(27)25-8-2-1-3-9-25/h4-7,10-11H,1-3,8-9H2. The van der Waals surface area contributed by atoms with Gasteiger partial charge in [-0.25, -0.2) is 4.68 Å². The van der Waals surface area contributed by atoms with Gasteiger partial charge in [0.05, 0.1) is 28.5 Å². The fourth-order valence-corrected chi connectivity index (χ4v) is 3.27. The summed E-state index contributed by atoms with van der Waals surface area (Å²) >= 11 is 0. The Morgan fingerprint density at radius 3 is 2.63 bits per heavy atom. The number of hydrogen-bond acceptors (Lipinski definition) is 3. The highest BCUT2D eigenvalue weighted by atomic mass is 19.4. The number of aromatic nitrogens is 3. The van der Waals surface area contributed by atoms with Crippen molar-refractivity contribution in [1.82, 2.24) is 19.7 Å². The van der Waals surface area contributed by atoms with Gasteiger partial charge >= 0.3 is 6.18 Å². The molecule has 4 rings (SSSR count). The molecular formula is C19H16F3N4O. The van der Waals surface area contributed by atoms with Crippen LogP contribution in [0.3, 0.4) is 0 Å². The molecule has 0 aliphatic carbocycles. The number of carbonyl (C=O) groups is 1. The minimum Gasteiger partial charge on any atom is -0.339 e. The number of pyridine rings is 1. The molecule has 0 atom stereocenters. The first-order chi connectivity index (χ1) is 12.9. The van der Waals surface area contributed by atoms with E-state index >= 15 is 0 Å². The highest BCUT2D eigenvalue weighted by Gasteiger charge is 2.30. The van der Waals surface area contributed by atoms with Gasteiger partial charge in [0.15, 0.2) is 0 Å². The number of alkyl halides is 3. The second-order valence-corrected chi connectivity index (χ2v) is 6.49. The topological polar surface area (TPSA) is 51.0 Å². The Balaban J connectivity index is 1.68. The van der Waals surface area contributed by atoms with Gasteiger partial charge in [0, 0.05) is 24.7 Å². The third kappa shape index (κ3) is 3.39. The number of fused-ring (bicyclic) bond motifs is 1. The first kappa shape index (κ1) is 17.5. The Labute approximate surface area is 153 Å². The van der Waals surface area contributed by atoms with Crippen LogP contribution in [-0.4, -0.2) is 38.7 Å². The van der Waals surface area contributed by atoms with Gasteiger partial charge in [-0.15, -0.1) is 0 Å². The zero-order valence-corrected chi connectivity index (χ0v) is 14.3. The van der Waals surface area contributed by atoms with Crippen LogP contribution in [0.15, 0.2) is 36.7 Å². The van der Waals surface area contributed by atoms with E-state index in [0.717, 1.165) is 44.5 Å². The summed E-state index contributed by atoms with van der Waals surface area (Å²) in [5.41, 5.74) is 0.306. The monoisotopic (exact) mass is 373 g/mol. The summed E-state index contributed by atoms with van der Waals surface area (Å²) < 4.78 is 40.1. The van der Waals surface area contributed by atoms with Crippen molar-refractivity contribution in [3.8, 4) is 5.69 Å². The largest absolute Gasteiger partial charge is 0.416 e. The van der Waals surface area contributed by atoms with Crippen molar-refractivity contribution in [2.45, 2.75) is 25.4 Å². The highest BCUT2D eigenvalue weighted by molar-refractivity contribution is 5.94. The average Bonchev–Trinajstić information content (AvgIpc) is 3.16. The number of nitrogens with zero attached hydrogens (tertiary/aromatic N) is 4. The molecule has 1 aromatic carbocycles. The first-order valence-corrected chi connectivity index (χ1v) is 8.66. The lowest BCUT2D eigenvalue weighted by atomic mass is 10.1. The van der Waals surface area contributed by atoms with E-state index < -0.39 is 11.7 Å². The molecular weight excluding hydrogens is 357 g/mol. The lowest BCUT2D eigenvalue weighted by molar-refractivity contribution is -0.137. The summed E-state index contributed by atoms with van der Waals surface area (Å²) in [7, 11) is 0. The Hall–Kier alpha value is -2.90. The van der Waals surface area contributed by atoms with Crippen molar-refractivity contribution in [3.05, 3.63) is 54.0 Å². The van der Waals surface area contributed by atoms with E-state index in [1.807, 2.05) is 0 Å². The molecule has 0 unspecified atom stereocenters. The number of hydrogen-bond donors (Lipinski definition) is 0. The minimum atomic E-state index is -4.43. The highest BCUT2D eigenvalue weighted by Crippen LogP contribution is 2.32. The fraction of sp³-hybridized carbons (Fsp3) is 0.316. The molecule has 3 heterocycles. The maximum atomic E-state index is 12.9. The van der Waals surface area contributed by atoms with Crippen LogP contribution in [0, 0.1) is 6.20 Å². The molecule has 8 heteroatoms. The third-order valence-corrected chi connectivity index (χ3v) is 4.68. The van der Waals surface area contributed by atoms with E-state index in [1.165, 1.54) is 23.1 Å². The van der Waals surface area contributed by atoms with E-state index in [4.69, 9.17) is 0 Å². The van der Waals surface area contributed by atoms with Crippen molar-refractivity contribution >= 4 is 16.8 Å². The lowest BCUT2D eigenvalue weighted by Crippen LogP contribution is -2.35. The molecule has 1 fully saturated rings. The summed E-state index contributed by atoms with van der Waals surface area (Å²) in [6.45, 7) is 1.44. The Bertz CT molecular complexity index is 990. The van der Waals surface area contributed by atoms with Crippen molar-refractivity contribution in [3.63, 3.8) is 0 Å². The zero-order chi connectivity index (χ0) is 19.0. The molecule has 0 spiro atoms. The molecule has 5 nitrogen and oxygen atoms in total. The fourth-order valence-electron chi connectivity index (χ4n) is 3.27. The van der Waals surface area contributed by atoms with Crippen molar-refractivity contribution < 1.29 is 18.0 Å². The van der Waals surface area contributed by atoms with Crippen molar-refractivity contribution in [2.24, 2.45) is 0 Å². The Morgan fingerprint density at radius 2 is 1.89 bits per heavy atom. The molecule has 1 aliphatic rings. The van der Waals surface area contributed by atoms with Crippen molar-refractivity contribution in [1.29, 1.82) is 0 Å². The van der Waals surface area contributed by atoms with E-state index in [9.17, 15) is 18.0 Å². The molecule has 3 aromatic rings. The maximum absolute atomic E-state index is 12.9.